The number of pyridine rings is 1. The van der Waals surface area contributed by atoms with E-state index in [-0.39, 0.29) is 18.0 Å². The monoisotopic (exact) mass is 430 g/mol. The molecule has 140 valence electrons. The maximum absolute atomic E-state index is 12.6. The number of nitrogens with zero attached hydrogens (tertiary/aromatic N) is 1. The Labute approximate surface area is 157 Å². The Balaban J connectivity index is 1.64. The summed E-state index contributed by atoms with van der Waals surface area (Å²) in [5.41, 5.74) is -0.934. The molecule has 26 heavy (non-hydrogen) atoms. The van der Waals surface area contributed by atoms with Gasteiger partial charge in [0.25, 0.3) is 0 Å². The van der Waals surface area contributed by atoms with Crippen molar-refractivity contribution < 1.29 is 22.7 Å². The van der Waals surface area contributed by atoms with Gasteiger partial charge in [-0.1, -0.05) is 15.9 Å². The number of carbonyl (C=O) groups is 1. The van der Waals surface area contributed by atoms with E-state index in [0.717, 1.165) is 35.3 Å². The third-order valence-electron chi connectivity index (χ3n) is 3.46. The number of hydrogen-bond acceptors (Lipinski definition) is 3. The average Bonchev–Trinajstić information content (AvgIpc) is 2.59. The summed E-state index contributed by atoms with van der Waals surface area (Å²) in [6.07, 6.45) is -1.06. The molecule has 1 aromatic heterocycles. The van der Waals surface area contributed by atoms with Crippen molar-refractivity contribution in [1.82, 2.24) is 4.98 Å². The van der Waals surface area contributed by atoms with Gasteiger partial charge in [-0.2, -0.15) is 13.2 Å². The van der Waals surface area contributed by atoms with Crippen molar-refractivity contribution in [1.29, 1.82) is 0 Å². The van der Waals surface area contributed by atoms with Crippen LogP contribution in [0.1, 0.15) is 31.4 Å². The van der Waals surface area contributed by atoms with Crippen molar-refractivity contribution in [3.05, 3.63) is 52.8 Å². The lowest BCUT2D eigenvalue weighted by Gasteiger charge is -2.09. The second-order valence-corrected chi connectivity index (χ2v) is 6.50. The molecule has 0 unspecified atom stereocenters. The molecule has 1 N–H and O–H groups in total. The van der Waals surface area contributed by atoms with Crippen molar-refractivity contribution in [3.63, 3.8) is 0 Å². The van der Waals surface area contributed by atoms with Gasteiger partial charge in [-0.05, 0) is 55.7 Å². The van der Waals surface area contributed by atoms with E-state index in [1.54, 1.807) is 0 Å². The SMILES string of the molecule is O=C(CCCCCOc1ccc(Br)cc1)Nc1ccnc(C(F)(F)F)c1. The van der Waals surface area contributed by atoms with Crippen LogP contribution >= 0.6 is 15.9 Å². The summed E-state index contributed by atoms with van der Waals surface area (Å²) in [5, 5.41) is 2.46. The molecule has 8 heteroatoms. The lowest BCUT2D eigenvalue weighted by molar-refractivity contribution is -0.141. The Kier molecular flexibility index (Phi) is 7.44. The fraction of sp³-hybridized carbons (Fsp3) is 0.333. The van der Waals surface area contributed by atoms with Gasteiger partial charge >= 0.3 is 6.18 Å². The molecule has 0 radical (unpaired) electrons. The van der Waals surface area contributed by atoms with E-state index in [1.807, 2.05) is 24.3 Å². The fourth-order valence-corrected chi connectivity index (χ4v) is 2.44. The van der Waals surface area contributed by atoms with Crippen LogP contribution in [0, 0.1) is 0 Å². The van der Waals surface area contributed by atoms with Gasteiger partial charge in [0.05, 0.1) is 6.61 Å². The molecule has 2 aromatic rings. The van der Waals surface area contributed by atoms with Crippen molar-refractivity contribution in [3.8, 4) is 5.75 Å². The summed E-state index contributed by atoms with van der Waals surface area (Å²) in [4.78, 5) is 15.1. The Hall–Kier alpha value is -2.09. The van der Waals surface area contributed by atoms with Crippen LogP contribution in [-0.2, 0) is 11.0 Å². The number of carbonyl (C=O) groups excluding carboxylic acids is 1. The number of rotatable bonds is 8. The number of anilines is 1. The van der Waals surface area contributed by atoms with Gasteiger partial charge in [0, 0.05) is 22.8 Å². The van der Waals surface area contributed by atoms with Crippen molar-refractivity contribution in [2.75, 3.05) is 11.9 Å². The van der Waals surface area contributed by atoms with Crippen LogP contribution in [0.5, 0.6) is 5.75 Å². The molecule has 0 aliphatic heterocycles. The summed E-state index contributed by atoms with van der Waals surface area (Å²) >= 11 is 3.35. The predicted molar refractivity (Wildman–Crippen MR) is 96.0 cm³/mol. The Morgan fingerprint density at radius 2 is 1.85 bits per heavy atom. The predicted octanol–water partition coefficient (Wildman–Crippen LogP) is 5.44. The van der Waals surface area contributed by atoms with Crippen LogP contribution < -0.4 is 10.1 Å². The molecule has 0 atom stereocenters. The van der Waals surface area contributed by atoms with E-state index in [1.165, 1.54) is 6.07 Å². The highest BCUT2D eigenvalue weighted by molar-refractivity contribution is 9.10. The Bertz CT molecular complexity index is 721. The quantitative estimate of drug-likeness (QED) is 0.567. The third kappa shape index (κ3) is 7.03. The van der Waals surface area contributed by atoms with E-state index in [4.69, 9.17) is 4.74 Å². The minimum absolute atomic E-state index is 0.0934. The molecule has 0 aliphatic rings. The van der Waals surface area contributed by atoms with Crippen LogP contribution in [-0.4, -0.2) is 17.5 Å². The van der Waals surface area contributed by atoms with E-state index in [2.05, 4.69) is 26.2 Å². The lowest BCUT2D eigenvalue weighted by Crippen LogP contribution is -2.13. The molecule has 1 aromatic carbocycles. The number of amides is 1. The van der Waals surface area contributed by atoms with Crippen molar-refractivity contribution in [2.45, 2.75) is 31.9 Å². The first-order valence-electron chi connectivity index (χ1n) is 8.06. The number of alkyl halides is 3. The van der Waals surface area contributed by atoms with Gasteiger partial charge < -0.3 is 10.1 Å². The molecule has 1 amide bonds. The number of benzene rings is 1. The zero-order valence-electron chi connectivity index (χ0n) is 13.9. The molecular weight excluding hydrogens is 413 g/mol. The van der Waals surface area contributed by atoms with Crippen LogP contribution in [0.4, 0.5) is 18.9 Å². The largest absolute Gasteiger partial charge is 0.494 e. The molecule has 0 spiro atoms. The van der Waals surface area contributed by atoms with Gasteiger partial charge in [-0.25, -0.2) is 0 Å². The number of halogens is 4. The number of hydrogen-bond donors (Lipinski definition) is 1. The summed E-state index contributed by atoms with van der Waals surface area (Å²) in [6.45, 7) is 0.544. The third-order valence-corrected chi connectivity index (χ3v) is 3.99. The van der Waals surface area contributed by atoms with Crippen LogP contribution in [0.2, 0.25) is 0 Å². The summed E-state index contributed by atoms with van der Waals surface area (Å²) in [5.74, 6) is 0.460. The summed E-state index contributed by atoms with van der Waals surface area (Å²) < 4.78 is 44.3. The van der Waals surface area contributed by atoms with E-state index in [0.29, 0.717) is 13.0 Å². The molecular formula is C18H18BrF3N2O2. The van der Waals surface area contributed by atoms with Gasteiger partial charge in [-0.3, -0.25) is 9.78 Å². The molecule has 4 nitrogen and oxygen atoms in total. The first kappa shape index (κ1) is 20.2. The van der Waals surface area contributed by atoms with Crippen molar-refractivity contribution >= 4 is 27.5 Å². The smallest absolute Gasteiger partial charge is 0.433 e. The highest BCUT2D eigenvalue weighted by atomic mass is 79.9. The molecule has 0 bridgehead atoms. The molecule has 0 saturated carbocycles. The van der Waals surface area contributed by atoms with Crippen LogP contribution in [0.25, 0.3) is 0 Å². The van der Waals surface area contributed by atoms with Gasteiger partial charge in [0.1, 0.15) is 11.4 Å². The second kappa shape index (κ2) is 9.56. The number of nitrogens with one attached hydrogen (secondary N) is 1. The van der Waals surface area contributed by atoms with Crippen LogP contribution in [0.3, 0.4) is 0 Å². The normalized spacial score (nSPS) is 11.2. The Morgan fingerprint density at radius 1 is 1.12 bits per heavy atom. The second-order valence-electron chi connectivity index (χ2n) is 5.59. The Morgan fingerprint density at radius 3 is 2.54 bits per heavy atom. The minimum atomic E-state index is -4.53. The van der Waals surface area contributed by atoms with Crippen molar-refractivity contribution in [2.24, 2.45) is 0 Å². The molecule has 0 saturated heterocycles. The van der Waals surface area contributed by atoms with E-state index >= 15 is 0 Å². The van der Waals surface area contributed by atoms with Gasteiger partial charge in [0.15, 0.2) is 0 Å². The zero-order valence-corrected chi connectivity index (χ0v) is 15.4. The van der Waals surface area contributed by atoms with E-state index < -0.39 is 11.9 Å². The fourth-order valence-electron chi connectivity index (χ4n) is 2.17. The molecule has 1 heterocycles. The maximum atomic E-state index is 12.6. The van der Waals surface area contributed by atoms with E-state index in [9.17, 15) is 18.0 Å². The highest BCUT2D eigenvalue weighted by Gasteiger charge is 2.32. The standard InChI is InChI=1S/C18H18BrF3N2O2/c19-13-5-7-15(8-6-13)26-11-3-1-2-4-17(25)24-14-9-10-23-16(12-14)18(20,21)22/h5-10,12H,1-4,11H2,(H,23,24,25). The van der Waals surface area contributed by atoms with Gasteiger partial charge in [0.2, 0.25) is 5.91 Å². The zero-order chi connectivity index (χ0) is 19.0. The summed E-state index contributed by atoms with van der Waals surface area (Å²) in [7, 11) is 0. The average molecular weight is 431 g/mol. The number of ether oxygens (including phenoxy) is 1. The first-order chi connectivity index (χ1) is 12.3. The summed E-state index contributed by atoms with van der Waals surface area (Å²) in [6, 6.07) is 9.66. The first-order valence-corrected chi connectivity index (χ1v) is 8.85. The van der Waals surface area contributed by atoms with Gasteiger partial charge in [-0.15, -0.1) is 0 Å². The minimum Gasteiger partial charge on any atom is -0.494 e. The maximum Gasteiger partial charge on any atom is 0.433 e. The van der Waals surface area contributed by atoms with Crippen LogP contribution in [0.15, 0.2) is 47.1 Å². The molecule has 0 aliphatic carbocycles. The highest BCUT2D eigenvalue weighted by Crippen LogP contribution is 2.28. The number of aromatic nitrogens is 1. The topological polar surface area (TPSA) is 51.2 Å². The molecule has 2 rings (SSSR count). The lowest BCUT2D eigenvalue weighted by atomic mass is 10.2. The molecule has 0 fully saturated rings. The number of unbranched alkanes of at least 4 members (excludes halogenated alkanes) is 2.